The van der Waals surface area contributed by atoms with E-state index >= 15 is 0 Å². The van der Waals surface area contributed by atoms with Crippen LogP contribution in [0.2, 0.25) is 0 Å². The Balaban J connectivity index is 1.37. The summed E-state index contributed by atoms with van der Waals surface area (Å²) in [5.41, 5.74) is 2.54. The molecule has 1 N–H and O–H groups in total. The molecule has 0 bridgehead atoms. The quantitative estimate of drug-likeness (QED) is 0.784. The molecule has 0 aliphatic carbocycles. The molecule has 23 heavy (non-hydrogen) atoms. The first-order chi connectivity index (χ1) is 11.4. The average molecular weight is 311 g/mol. The monoisotopic (exact) mass is 311 g/mol. The van der Waals surface area contributed by atoms with Gasteiger partial charge >= 0.3 is 0 Å². The number of hydrogen-bond donors (Lipinski definition) is 1. The third-order valence-corrected chi connectivity index (χ3v) is 4.27. The number of nitrogens with zero attached hydrogens (tertiary/aromatic N) is 4. The zero-order valence-electron chi connectivity index (χ0n) is 13.1. The maximum absolute atomic E-state index is 5.67. The lowest BCUT2D eigenvalue weighted by atomic mass is 10.1. The highest BCUT2D eigenvalue weighted by atomic mass is 16.4. The smallest absolute Gasteiger partial charge is 0.300 e. The summed E-state index contributed by atoms with van der Waals surface area (Å²) in [7, 11) is 0. The fraction of sp³-hybridized carbons (Fsp3) is 0.412. The lowest BCUT2D eigenvalue weighted by Crippen LogP contribution is -2.32. The first-order valence-electron chi connectivity index (χ1n) is 8.24. The number of likely N-dealkylation sites (tertiary alicyclic amines) is 1. The molecule has 3 heterocycles. The second kappa shape index (κ2) is 6.42. The molecule has 0 atom stereocenters. The van der Waals surface area contributed by atoms with Crippen LogP contribution in [0.4, 0.5) is 11.7 Å². The summed E-state index contributed by atoms with van der Waals surface area (Å²) in [6.07, 6.45) is 7.83. The molecular formula is C17H21N5O. The predicted octanol–water partition coefficient (Wildman–Crippen LogP) is 3.25. The molecule has 6 nitrogen and oxygen atoms in total. The normalized spacial score (nSPS) is 16.0. The SMILES string of the molecule is c1ccc2oc(Nc3cnn(CCN4CCCCC4)c3)nc2c1. The maximum Gasteiger partial charge on any atom is 0.300 e. The second-order valence-corrected chi connectivity index (χ2v) is 6.01. The number of fused-ring (bicyclic) bond motifs is 1. The van der Waals surface area contributed by atoms with Crippen molar-refractivity contribution in [1.29, 1.82) is 0 Å². The van der Waals surface area contributed by atoms with Crippen LogP contribution < -0.4 is 5.32 Å². The lowest BCUT2D eigenvalue weighted by Gasteiger charge is -2.26. The number of hydrogen-bond acceptors (Lipinski definition) is 5. The van der Waals surface area contributed by atoms with Crippen LogP contribution in [0.3, 0.4) is 0 Å². The van der Waals surface area contributed by atoms with Gasteiger partial charge in [-0.25, -0.2) is 0 Å². The molecule has 0 radical (unpaired) electrons. The molecule has 1 aliphatic heterocycles. The Hall–Kier alpha value is -2.34. The van der Waals surface area contributed by atoms with E-state index in [-0.39, 0.29) is 0 Å². The first kappa shape index (κ1) is 14.3. The zero-order valence-corrected chi connectivity index (χ0v) is 13.1. The van der Waals surface area contributed by atoms with E-state index in [1.165, 1.54) is 32.4 Å². The fourth-order valence-corrected chi connectivity index (χ4v) is 3.03. The number of aromatic nitrogens is 3. The highest BCUT2D eigenvalue weighted by molar-refractivity contribution is 5.74. The molecule has 1 saturated heterocycles. The van der Waals surface area contributed by atoms with Gasteiger partial charge in [0.15, 0.2) is 5.58 Å². The number of nitrogens with one attached hydrogen (secondary N) is 1. The van der Waals surface area contributed by atoms with Crippen LogP contribution in [-0.2, 0) is 6.54 Å². The van der Waals surface area contributed by atoms with Crippen LogP contribution >= 0.6 is 0 Å². The molecule has 0 spiro atoms. The van der Waals surface area contributed by atoms with Crippen molar-refractivity contribution in [2.45, 2.75) is 25.8 Å². The minimum atomic E-state index is 0.502. The number of benzene rings is 1. The first-order valence-corrected chi connectivity index (χ1v) is 8.24. The third-order valence-electron chi connectivity index (χ3n) is 4.27. The van der Waals surface area contributed by atoms with Crippen molar-refractivity contribution < 1.29 is 4.42 Å². The highest BCUT2D eigenvalue weighted by Crippen LogP contribution is 2.21. The molecule has 3 aromatic rings. The molecular weight excluding hydrogens is 290 g/mol. The van der Waals surface area contributed by atoms with Crippen LogP contribution in [0.25, 0.3) is 11.1 Å². The van der Waals surface area contributed by atoms with Gasteiger partial charge < -0.3 is 14.6 Å². The number of para-hydroxylation sites is 2. The Morgan fingerprint density at radius 3 is 2.83 bits per heavy atom. The Kier molecular flexibility index (Phi) is 3.98. The standard InChI is InChI=1S/C17H21N5O/c1-4-8-21(9-5-1)10-11-22-13-14(12-18-22)19-17-20-15-6-2-3-7-16(15)23-17/h2-3,6-7,12-13H,1,4-5,8-11H2,(H,19,20). The number of oxazole rings is 1. The molecule has 120 valence electrons. The van der Waals surface area contributed by atoms with Gasteiger partial charge in [0, 0.05) is 12.7 Å². The molecule has 0 saturated carbocycles. The predicted molar refractivity (Wildman–Crippen MR) is 89.8 cm³/mol. The maximum atomic E-state index is 5.67. The minimum Gasteiger partial charge on any atom is -0.423 e. The molecule has 1 aromatic carbocycles. The van der Waals surface area contributed by atoms with Crippen molar-refractivity contribution in [1.82, 2.24) is 19.7 Å². The summed E-state index contributed by atoms with van der Waals surface area (Å²) in [4.78, 5) is 6.93. The summed E-state index contributed by atoms with van der Waals surface area (Å²) >= 11 is 0. The Morgan fingerprint density at radius 1 is 1.09 bits per heavy atom. The molecule has 0 amide bonds. The van der Waals surface area contributed by atoms with Crippen molar-refractivity contribution in [3.63, 3.8) is 0 Å². The van der Waals surface area contributed by atoms with Gasteiger partial charge in [-0.05, 0) is 38.1 Å². The number of piperidine rings is 1. The molecule has 2 aromatic heterocycles. The van der Waals surface area contributed by atoms with Crippen molar-refractivity contribution in [3.05, 3.63) is 36.7 Å². The summed E-state index contributed by atoms with van der Waals surface area (Å²) in [6, 6.07) is 8.24. The van der Waals surface area contributed by atoms with E-state index in [1.807, 2.05) is 41.3 Å². The number of rotatable bonds is 5. The van der Waals surface area contributed by atoms with Crippen LogP contribution in [0, 0.1) is 0 Å². The Labute approximate surface area is 135 Å². The summed E-state index contributed by atoms with van der Waals surface area (Å²) < 4.78 is 7.64. The summed E-state index contributed by atoms with van der Waals surface area (Å²) in [5, 5.41) is 7.59. The topological polar surface area (TPSA) is 59.1 Å². The third kappa shape index (κ3) is 3.37. The average Bonchev–Trinajstić information content (AvgIpc) is 3.20. The molecule has 6 heteroatoms. The van der Waals surface area contributed by atoms with Gasteiger partial charge in [-0.2, -0.15) is 10.1 Å². The molecule has 4 rings (SSSR count). The van der Waals surface area contributed by atoms with E-state index in [9.17, 15) is 0 Å². The van der Waals surface area contributed by atoms with E-state index in [0.29, 0.717) is 6.01 Å². The lowest BCUT2D eigenvalue weighted by molar-refractivity contribution is 0.218. The van der Waals surface area contributed by atoms with Crippen LogP contribution in [0.5, 0.6) is 0 Å². The van der Waals surface area contributed by atoms with E-state index in [2.05, 4.69) is 20.3 Å². The largest absolute Gasteiger partial charge is 0.423 e. The van der Waals surface area contributed by atoms with Crippen molar-refractivity contribution in [2.24, 2.45) is 0 Å². The van der Waals surface area contributed by atoms with E-state index < -0.39 is 0 Å². The van der Waals surface area contributed by atoms with Gasteiger partial charge in [0.05, 0.1) is 18.4 Å². The Bertz CT molecular complexity index is 739. The van der Waals surface area contributed by atoms with Gasteiger partial charge in [-0.1, -0.05) is 18.6 Å². The van der Waals surface area contributed by atoms with Crippen LogP contribution in [-0.4, -0.2) is 39.3 Å². The summed E-state index contributed by atoms with van der Waals surface area (Å²) in [5.74, 6) is 0. The van der Waals surface area contributed by atoms with Gasteiger partial charge in [0.25, 0.3) is 6.01 Å². The zero-order chi connectivity index (χ0) is 15.5. The number of anilines is 2. The second-order valence-electron chi connectivity index (χ2n) is 6.01. The van der Waals surface area contributed by atoms with Crippen molar-refractivity contribution in [2.75, 3.05) is 25.0 Å². The van der Waals surface area contributed by atoms with Crippen molar-refractivity contribution >= 4 is 22.8 Å². The molecule has 1 aliphatic rings. The van der Waals surface area contributed by atoms with Gasteiger partial charge in [0.1, 0.15) is 5.52 Å². The van der Waals surface area contributed by atoms with Gasteiger partial charge in [-0.15, -0.1) is 0 Å². The van der Waals surface area contributed by atoms with Gasteiger partial charge in [-0.3, -0.25) is 4.68 Å². The fourth-order valence-electron chi connectivity index (χ4n) is 3.03. The Morgan fingerprint density at radius 2 is 1.96 bits per heavy atom. The van der Waals surface area contributed by atoms with E-state index in [0.717, 1.165) is 29.9 Å². The highest BCUT2D eigenvalue weighted by Gasteiger charge is 2.10. The minimum absolute atomic E-state index is 0.502. The molecule has 1 fully saturated rings. The summed E-state index contributed by atoms with van der Waals surface area (Å²) in [6.45, 7) is 4.41. The van der Waals surface area contributed by atoms with E-state index in [4.69, 9.17) is 4.42 Å². The van der Waals surface area contributed by atoms with E-state index in [1.54, 1.807) is 0 Å². The van der Waals surface area contributed by atoms with Crippen molar-refractivity contribution in [3.8, 4) is 0 Å². The molecule has 0 unspecified atom stereocenters. The van der Waals surface area contributed by atoms with Crippen LogP contribution in [0.1, 0.15) is 19.3 Å². The van der Waals surface area contributed by atoms with Gasteiger partial charge in [0.2, 0.25) is 0 Å². The van der Waals surface area contributed by atoms with Crippen LogP contribution in [0.15, 0.2) is 41.1 Å².